The van der Waals surface area contributed by atoms with E-state index in [1.165, 1.54) is 26.6 Å². The average molecular weight is 224 g/mol. The number of carbonyl (C=O) groups excluding carboxylic acids is 1. The van der Waals surface area contributed by atoms with E-state index >= 15 is 0 Å². The summed E-state index contributed by atoms with van der Waals surface area (Å²) in [5.41, 5.74) is 0.213. The van der Waals surface area contributed by atoms with Gasteiger partial charge in [0.2, 0.25) is 11.7 Å². The third-order valence-electron chi connectivity index (χ3n) is 2.21. The second kappa shape index (κ2) is 5.55. The molecule has 0 aliphatic heterocycles. The summed E-state index contributed by atoms with van der Waals surface area (Å²) in [5.74, 6) is 0.0989. The number of hydrogen-bond donors (Lipinski definition) is 0. The molecule has 1 rings (SSSR count). The number of rotatable bonds is 5. The van der Waals surface area contributed by atoms with Gasteiger partial charge in [0.1, 0.15) is 6.10 Å². The molecular formula is C11H16N2O3. The molecule has 0 saturated heterocycles. The third-order valence-corrected chi connectivity index (χ3v) is 2.21. The number of aromatic nitrogens is 2. The summed E-state index contributed by atoms with van der Waals surface area (Å²) in [6, 6.07) is 0. The Morgan fingerprint density at radius 2 is 1.88 bits per heavy atom. The van der Waals surface area contributed by atoms with Crippen LogP contribution in [-0.4, -0.2) is 36.1 Å². The highest BCUT2D eigenvalue weighted by atomic mass is 16.5. The molecule has 88 valence electrons. The van der Waals surface area contributed by atoms with E-state index < -0.39 is 6.10 Å². The van der Waals surface area contributed by atoms with E-state index in [-0.39, 0.29) is 23.3 Å². The Labute approximate surface area is 94.8 Å². The number of ketones is 1. The maximum atomic E-state index is 12.1. The first-order valence-electron chi connectivity index (χ1n) is 5.03. The minimum Gasteiger partial charge on any atom is -0.479 e. The second-order valence-corrected chi connectivity index (χ2v) is 3.68. The summed E-state index contributed by atoms with van der Waals surface area (Å²) in [6.07, 6.45) is 2.42. The first-order chi connectivity index (χ1) is 7.61. The largest absolute Gasteiger partial charge is 0.479 e. The van der Waals surface area contributed by atoms with Crippen LogP contribution in [0, 0.1) is 5.92 Å². The molecule has 1 aromatic heterocycles. The van der Waals surface area contributed by atoms with Crippen molar-refractivity contribution >= 4 is 5.78 Å². The van der Waals surface area contributed by atoms with Crippen molar-refractivity contribution in [3.05, 3.63) is 18.1 Å². The van der Waals surface area contributed by atoms with Gasteiger partial charge >= 0.3 is 0 Å². The van der Waals surface area contributed by atoms with Crippen molar-refractivity contribution in [2.24, 2.45) is 5.92 Å². The minimum atomic E-state index is -0.523. The first-order valence-corrected chi connectivity index (χ1v) is 5.03. The van der Waals surface area contributed by atoms with Crippen LogP contribution in [0.1, 0.15) is 24.3 Å². The summed E-state index contributed by atoms with van der Waals surface area (Å²) in [7, 11) is 2.96. The van der Waals surface area contributed by atoms with Crippen LogP contribution in [0.2, 0.25) is 0 Å². The van der Waals surface area contributed by atoms with Gasteiger partial charge in [-0.2, -0.15) is 0 Å². The van der Waals surface area contributed by atoms with E-state index in [1.54, 1.807) is 0 Å². The van der Waals surface area contributed by atoms with Gasteiger partial charge in [0.25, 0.3) is 0 Å². The molecule has 0 aromatic carbocycles. The van der Waals surface area contributed by atoms with Crippen LogP contribution >= 0.6 is 0 Å². The van der Waals surface area contributed by atoms with E-state index in [4.69, 9.17) is 9.47 Å². The van der Waals surface area contributed by atoms with Gasteiger partial charge in [-0.05, 0) is 5.92 Å². The number of methoxy groups -OCH3 is 2. The molecule has 1 unspecified atom stereocenters. The van der Waals surface area contributed by atoms with Gasteiger partial charge in [0, 0.05) is 19.5 Å². The van der Waals surface area contributed by atoms with Crippen LogP contribution in [0.5, 0.6) is 5.88 Å². The Morgan fingerprint density at radius 1 is 1.25 bits per heavy atom. The molecule has 0 aliphatic rings. The molecule has 0 fully saturated rings. The first kappa shape index (κ1) is 12.6. The second-order valence-electron chi connectivity index (χ2n) is 3.68. The van der Waals surface area contributed by atoms with Gasteiger partial charge in [-0.3, -0.25) is 4.79 Å². The Kier molecular flexibility index (Phi) is 4.37. The summed E-state index contributed by atoms with van der Waals surface area (Å²) < 4.78 is 10.1. The van der Waals surface area contributed by atoms with Crippen LogP contribution in [0.15, 0.2) is 12.4 Å². The molecule has 5 nitrogen and oxygen atoms in total. The molecule has 0 N–H and O–H groups in total. The van der Waals surface area contributed by atoms with Gasteiger partial charge in [-0.15, -0.1) is 0 Å². The van der Waals surface area contributed by atoms with Crippen LogP contribution in [-0.2, 0) is 4.74 Å². The molecule has 1 aromatic rings. The fourth-order valence-electron chi connectivity index (χ4n) is 1.46. The maximum absolute atomic E-state index is 12.1. The predicted octanol–water partition coefficient (Wildman–Crippen LogP) is 1.34. The standard InChI is InChI=1S/C11H16N2O3/c1-7(2)10(15-3)9(14)8-11(16-4)13-6-5-12-8/h5-7,10H,1-4H3. The van der Waals surface area contributed by atoms with Crippen LogP contribution < -0.4 is 4.74 Å². The van der Waals surface area contributed by atoms with Gasteiger partial charge in [0.15, 0.2) is 5.69 Å². The van der Waals surface area contributed by atoms with E-state index in [9.17, 15) is 4.79 Å². The zero-order valence-electron chi connectivity index (χ0n) is 9.93. The van der Waals surface area contributed by atoms with Crippen molar-refractivity contribution < 1.29 is 14.3 Å². The number of Topliss-reactive ketones (excluding diaryl/α,β-unsaturated/α-hetero) is 1. The van der Waals surface area contributed by atoms with Crippen molar-refractivity contribution in [3.63, 3.8) is 0 Å². The van der Waals surface area contributed by atoms with E-state index in [0.29, 0.717) is 0 Å². The topological polar surface area (TPSA) is 61.3 Å². The monoisotopic (exact) mass is 224 g/mol. The van der Waals surface area contributed by atoms with Crippen LogP contribution in [0.4, 0.5) is 0 Å². The molecule has 1 heterocycles. The molecule has 16 heavy (non-hydrogen) atoms. The van der Waals surface area contributed by atoms with E-state index in [0.717, 1.165) is 0 Å². The SMILES string of the molecule is COc1nccnc1C(=O)C(OC)C(C)C. The molecular weight excluding hydrogens is 208 g/mol. The number of carbonyl (C=O) groups is 1. The number of ether oxygens (including phenoxy) is 2. The molecule has 1 atom stereocenters. The Hall–Kier alpha value is -1.49. The van der Waals surface area contributed by atoms with Crippen molar-refractivity contribution in [2.45, 2.75) is 20.0 Å². The lowest BCUT2D eigenvalue weighted by atomic mass is 10.0. The summed E-state index contributed by atoms with van der Waals surface area (Å²) in [5, 5.41) is 0. The highest BCUT2D eigenvalue weighted by Crippen LogP contribution is 2.17. The normalized spacial score (nSPS) is 12.6. The molecule has 0 amide bonds. The third kappa shape index (κ3) is 2.55. The lowest BCUT2D eigenvalue weighted by Crippen LogP contribution is -2.29. The zero-order valence-corrected chi connectivity index (χ0v) is 9.93. The smallest absolute Gasteiger partial charge is 0.243 e. The highest BCUT2D eigenvalue weighted by molar-refractivity contribution is 5.99. The van der Waals surface area contributed by atoms with Crippen LogP contribution in [0.25, 0.3) is 0 Å². The summed E-state index contributed by atoms with van der Waals surface area (Å²) in [4.78, 5) is 20.0. The summed E-state index contributed by atoms with van der Waals surface area (Å²) >= 11 is 0. The molecule has 0 bridgehead atoms. The lowest BCUT2D eigenvalue weighted by Gasteiger charge is -2.17. The van der Waals surface area contributed by atoms with Crippen molar-refractivity contribution in [1.82, 2.24) is 9.97 Å². The lowest BCUT2D eigenvalue weighted by molar-refractivity contribution is 0.0450. The fraction of sp³-hybridized carbons (Fsp3) is 0.545. The van der Waals surface area contributed by atoms with Gasteiger partial charge < -0.3 is 9.47 Å². The molecule has 5 heteroatoms. The fourth-order valence-corrected chi connectivity index (χ4v) is 1.46. The van der Waals surface area contributed by atoms with E-state index in [2.05, 4.69) is 9.97 Å². The van der Waals surface area contributed by atoms with Crippen molar-refractivity contribution in [1.29, 1.82) is 0 Å². The Bertz CT molecular complexity index is 366. The van der Waals surface area contributed by atoms with Crippen molar-refractivity contribution in [2.75, 3.05) is 14.2 Å². The molecule has 0 aliphatic carbocycles. The Morgan fingerprint density at radius 3 is 2.38 bits per heavy atom. The zero-order chi connectivity index (χ0) is 12.1. The molecule has 0 radical (unpaired) electrons. The average Bonchev–Trinajstić information content (AvgIpc) is 2.29. The van der Waals surface area contributed by atoms with Crippen molar-refractivity contribution in [3.8, 4) is 5.88 Å². The molecule has 0 saturated carbocycles. The van der Waals surface area contributed by atoms with Gasteiger partial charge in [-0.1, -0.05) is 13.8 Å². The summed E-state index contributed by atoms with van der Waals surface area (Å²) in [6.45, 7) is 3.82. The maximum Gasteiger partial charge on any atom is 0.243 e. The van der Waals surface area contributed by atoms with Gasteiger partial charge in [-0.25, -0.2) is 9.97 Å². The number of hydrogen-bond acceptors (Lipinski definition) is 5. The van der Waals surface area contributed by atoms with Crippen LogP contribution in [0.3, 0.4) is 0 Å². The van der Waals surface area contributed by atoms with E-state index in [1.807, 2.05) is 13.8 Å². The quantitative estimate of drug-likeness (QED) is 0.706. The Balaban J connectivity index is 3.03. The highest BCUT2D eigenvalue weighted by Gasteiger charge is 2.27. The minimum absolute atomic E-state index is 0.0733. The molecule has 0 spiro atoms. The van der Waals surface area contributed by atoms with Gasteiger partial charge in [0.05, 0.1) is 7.11 Å². The number of nitrogens with zero attached hydrogens (tertiary/aromatic N) is 2. The predicted molar refractivity (Wildman–Crippen MR) is 58.5 cm³/mol.